The van der Waals surface area contributed by atoms with E-state index in [1.165, 1.54) is 18.2 Å². The zero-order valence-corrected chi connectivity index (χ0v) is 13.3. The molecule has 21 heavy (non-hydrogen) atoms. The average molecular weight is 370 g/mol. The van der Waals surface area contributed by atoms with Crippen LogP contribution in [0, 0.1) is 0 Å². The van der Waals surface area contributed by atoms with E-state index in [2.05, 4.69) is 20.9 Å². The third-order valence-electron chi connectivity index (χ3n) is 2.88. The van der Waals surface area contributed by atoms with Gasteiger partial charge >= 0.3 is 5.97 Å². The van der Waals surface area contributed by atoms with Gasteiger partial charge in [-0.3, -0.25) is 4.98 Å². The summed E-state index contributed by atoms with van der Waals surface area (Å²) in [6, 6.07) is 9.28. The molecule has 0 aliphatic carbocycles. The summed E-state index contributed by atoms with van der Waals surface area (Å²) in [6.07, 6.45) is 1.88. The number of halogens is 1. The molecule has 2 rings (SSSR count). The largest absolute Gasteiger partial charge is 0.478 e. The van der Waals surface area contributed by atoms with Crippen LogP contribution in [0.3, 0.4) is 0 Å². The lowest BCUT2D eigenvalue weighted by Crippen LogP contribution is -2.11. The Labute approximate surface area is 130 Å². The number of sulfone groups is 1. The number of carboxylic acids is 1. The van der Waals surface area contributed by atoms with E-state index in [0.717, 1.165) is 0 Å². The first-order valence-corrected chi connectivity index (χ1v) is 8.50. The van der Waals surface area contributed by atoms with Gasteiger partial charge in [0.1, 0.15) is 0 Å². The molecule has 0 fully saturated rings. The quantitative estimate of drug-likeness (QED) is 0.875. The number of aromatic carboxylic acids is 1. The maximum absolute atomic E-state index is 12.3. The van der Waals surface area contributed by atoms with Gasteiger partial charge in [0.15, 0.2) is 9.84 Å². The first kappa shape index (κ1) is 15.7. The Morgan fingerprint density at radius 3 is 2.62 bits per heavy atom. The van der Waals surface area contributed by atoms with E-state index < -0.39 is 15.8 Å². The fourth-order valence-electron chi connectivity index (χ4n) is 1.76. The molecule has 0 radical (unpaired) electrons. The second-order valence-electron chi connectivity index (χ2n) is 4.34. The molecule has 1 heterocycles. The molecular formula is C14H12BrNO4S. The monoisotopic (exact) mass is 369 g/mol. The summed E-state index contributed by atoms with van der Waals surface area (Å²) in [7, 11) is -3.56. The molecule has 0 bridgehead atoms. The van der Waals surface area contributed by atoms with Crippen molar-refractivity contribution in [3.8, 4) is 0 Å². The van der Waals surface area contributed by atoms with E-state index in [1.54, 1.807) is 24.4 Å². The lowest BCUT2D eigenvalue weighted by Gasteiger charge is -2.06. The molecule has 0 spiro atoms. The third-order valence-corrected chi connectivity index (χ3v) is 5.29. The van der Waals surface area contributed by atoms with E-state index in [9.17, 15) is 13.2 Å². The van der Waals surface area contributed by atoms with Gasteiger partial charge in [0, 0.05) is 22.8 Å². The molecule has 1 aromatic carbocycles. The van der Waals surface area contributed by atoms with Gasteiger partial charge in [-0.15, -0.1) is 0 Å². The number of carboxylic acid groups (broad SMARTS) is 1. The predicted octanol–water partition coefficient (Wildman–Crippen LogP) is 2.56. The molecule has 0 saturated heterocycles. The minimum Gasteiger partial charge on any atom is -0.478 e. The zero-order valence-electron chi connectivity index (χ0n) is 10.9. The first-order valence-electron chi connectivity index (χ1n) is 6.05. The molecule has 5 nitrogen and oxygen atoms in total. The standard InChI is InChI=1S/C14H12BrNO4S/c15-13-5-4-11(9-12(13)14(17)18)21(19,20)8-6-10-3-1-2-7-16-10/h1-5,7,9H,6,8H2,(H,17,18). The van der Waals surface area contributed by atoms with Crippen molar-refractivity contribution in [1.82, 2.24) is 4.98 Å². The summed E-state index contributed by atoms with van der Waals surface area (Å²) in [5.74, 6) is -1.30. The normalized spacial score (nSPS) is 11.3. The van der Waals surface area contributed by atoms with Crippen molar-refractivity contribution in [2.45, 2.75) is 11.3 Å². The van der Waals surface area contributed by atoms with Crippen molar-refractivity contribution in [3.05, 3.63) is 58.3 Å². The van der Waals surface area contributed by atoms with Gasteiger partial charge in [0.25, 0.3) is 0 Å². The number of aromatic nitrogens is 1. The summed E-state index contributed by atoms with van der Waals surface area (Å²) < 4.78 is 24.9. The van der Waals surface area contributed by atoms with Crippen LogP contribution in [0.2, 0.25) is 0 Å². The maximum Gasteiger partial charge on any atom is 0.336 e. The summed E-state index contributed by atoms with van der Waals surface area (Å²) in [4.78, 5) is 15.1. The highest BCUT2D eigenvalue weighted by Gasteiger charge is 2.18. The SMILES string of the molecule is O=C(O)c1cc(S(=O)(=O)CCc2ccccn2)ccc1Br. The molecule has 110 valence electrons. The molecule has 0 amide bonds. The summed E-state index contributed by atoms with van der Waals surface area (Å²) >= 11 is 3.09. The molecule has 0 aliphatic rings. The van der Waals surface area contributed by atoms with Crippen molar-refractivity contribution >= 4 is 31.7 Å². The fraction of sp³-hybridized carbons (Fsp3) is 0.143. The van der Waals surface area contributed by atoms with Gasteiger partial charge in [0.05, 0.1) is 16.2 Å². The molecule has 0 unspecified atom stereocenters. The van der Waals surface area contributed by atoms with Crippen molar-refractivity contribution in [1.29, 1.82) is 0 Å². The van der Waals surface area contributed by atoms with Crippen LogP contribution in [0.15, 0.2) is 52.0 Å². The number of rotatable bonds is 5. The Hall–Kier alpha value is -1.73. The molecule has 0 atom stereocenters. The van der Waals surface area contributed by atoms with Crippen molar-refractivity contribution in [2.75, 3.05) is 5.75 Å². The van der Waals surface area contributed by atoms with Gasteiger partial charge in [-0.25, -0.2) is 13.2 Å². The number of pyridine rings is 1. The van der Waals surface area contributed by atoms with Gasteiger partial charge in [0.2, 0.25) is 0 Å². The molecule has 7 heteroatoms. The first-order chi connectivity index (χ1) is 9.90. The maximum atomic E-state index is 12.3. The highest BCUT2D eigenvalue weighted by Crippen LogP contribution is 2.22. The Morgan fingerprint density at radius 2 is 2.00 bits per heavy atom. The highest BCUT2D eigenvalue weighted by molar-refractivity contribution is 9.10. The lowest BCUT2D eigenvalue weighted by molar-refractivity contribution is 0.0695. The molecule has 1 aromatic heterocycles. The summed E-state index contributed by atoms with van der Waals surface area (Å²) in [5.41, 5.74) is 0.602. The average Bonchev–Trinajstić information content (AvgIpc) is 2.46. The number of hydrogen-bond acceptors (Lipinski definition) is 4. The van der Waals surface area contributed by atoms with Crippen molar-refractivity contribution in [3.63, 3.8) is 0 Å². The van der Waals surface area contributed by atoms with Crippen molar-refractivity contribution in [2.24, 2.45) is 0 Å². The van der Waals surface area contributed by atoms with Crippen LogP contribution in [-0.2, 0) is 16.3 Å². The van der Waals surface area contributed by atoms with Crippen molar-refractivity contribution < 1.29 is 18.3 Å². The third kappa shape index (κ3) is 3.89. The number of nitrogens with zero attached hydrogens (tertiary/aromatic N) is 1. The van der Waals surface area contributed by atoms with Gasteiger partial charge < -0.3 is 5.11 Å². The highest BCUT2D eigenvalue weighted by atomic mass is 79.9. The van der Waals surface area contributed by atoms with Crippen LogP contribution in [-0.4, -0.2) is 30.2 Å². The van der Waals surface area contributed by atoms with Gasteiger partial charge in [-0.2, -0.15) is 0 Å². The second kappa shape index (κ2) is 6.36. The van der Waals surface area contributed by atoms with Crippen LogP contribution in [0.4, 0.5) is 0 Å². The van der Waals surface area contributed by atoms with E-state index in [1.807, 2.05) is 0 Å². The van der Waals surface area contributed by atoms with E-state index in [0.29, 0.717) is 10.2 Å². The molecule has 2 aromatic rings. The van der Waals surface area contributed by atoms with Gasteiger partial charge in [-0.05, 0) is 46.3 Å². The summed E-state index contributed by atoms with van der Waals surface area (Å²) in [6.45, 7) is 0. The van der Waals surface area contributed by atoms with Crippen LogP contribution < -0.4 is 0 Å². The Balaban J connectivity index is 2.24. The fourth-order valence-corrected chi connectivity index (χ4v) is 3.47. The Bertz CT molecular complexity index is 760. The number of carbonyl (C=O) groups is 1. The topological polar surface area (TPSA) is 84.3 Å². The van der Waals surface area contributed by atoms with E-state index in [4.69, 9.17) is 5.11 Å². The number of hydrogen-bond donors (Lipinski definition) is 1. The molecule has 0 aliphatic heterocycles. The smallest absolute Gasteiger partial charge is 0.336 e. The Morgan fingerprint density at radius 1 is 1.24 bits per heavy atom. The minimum absolute atomic E-state index is 0.000897. The van der Waals surface area contributed by atoms with Crippen LogP contribution >= 0.6 is 15.9 Å². The van der Waals surface area contributed by atoms with Gasteiger partial charge in [-0.1, -0.05) is 6.07 Å². The minimum atomic E-state index is -3.56. The zero-order chi connectivity index (χ0) is 15.5. The predicted molar refractivity (Wildman–Crippen MR) is 81.1 cm³/mol. The van der Waals surface area contributed by atoms with Crippen LogP contribution in [0.1, 0.15) is 16.1 Å². The van der Waals surface area contributed by atoms with Crippen LogP contribution in [0.5, 0.6) is 0 Å². The Kier molecular flexibility index (Phi) is 4.74. The number of benzene rings is 1. The van der Waals surface area contributed by atoms with E-state index in [-0.39, 0.29) is 22.6 Å². The molecule has 1 N–H and O–H groups in total. The van der Waals surface area contributed by atoms with Crippen LogP contribution in [0.25, 0.3) is 0 Å². The van der Waals surface area contributed by atoms with E-state index >= 15 is 0 Å². The number of aryl methyl sites for hydroxylation is 1. The second-order valence-corrected chi connectivity index (χ2v) is 7.30. The lowest BCUT2D eigenvalue weighted by atomic mass is 10.2. The molecular weight excluding hydrogens is 358 g/mol. The molecule has 0 saturated carbocycles. The summed E-state index contributed by atoms with van der Waals surface area (Å²) in [5, 5.41) is 9.03.